The van der Waals surface area contributed by atoms with Gasteiger partial charge in [0.15, 0.2) is 0 Å². The zero-order valence-electron chi connectivity index (χ0n) is 16.3. The Morgan fingerprint density at radius 3 is 1.50 bits per heavy atom. The molecule has 0 aromatic heterocycles. The molecule has 2 nitrogen and oxygen atoms in total. The lowest BCUT2D eigenvalue weighted by molar-refractivity contribution is -0.182. The highest BCUT2D eigenvalue weighted by Crippen LogP contribution is 2.66. The molecule has 0 saturated heterocycles. The topological polar surface area (TPSA) is 40.5 Å². The number of rotatable bonds is 2. The molecule has 0 amide bonds. The molecule has 1 rings (SSSR count). The van der Waals surface area contributed by atoms with Crippen molar-refractivity contribution in [1.29, 1.82) is 0 Å². The monoisotopic (exact) mass is 312 g/mol. The Balaban J connectivity index is 3.51. The van der Waals surface area contributed by atoms with E-state index in [9.17, 15) is 10.2 Å². The van der Waals surface area contributed by atoms with Crippen molar-refractivity contribution >= 4 is 0 Å². The van der Waals surface area contributed by atoms with Gasteiger partial charge in [0.25, 0.3) is 0 Å². The largest absolute Gasteiger partial charge is 0.396 e. The van der Waals surface area contributed by atoms with Crippen molar-refractivity contribution in [3.05, 3.63) is 0 Å². The lowest BCUT2D eigenvalue weighted by atomic mass is 9.41. The van der Waals surface area contributed by atoms with E-state index in [-0.39, 0.29) is 34.9 Å². The van der Waals surface area contributed by atoms with Gasteiger partial charge in [-0.25, -0.2) is 0 Å². The molecule has 22 heavy (non-hydrogen) atoms. The standard InChI is InChI=1S/C20H40O2/c1-16(2)12-10-9-11-13-20(14-21,15-22)19(7,8)18(5,6)17(16,3)4/h21-22H,9-15H2,1-8H3. The fraction of sp³-hybridized carbons (Fsp3) is 1.00. The smallest absolute Gasteiger partial charge is 0.0514 e. The molecule has 0 aromatic carbocycles. The van der Waals surface area contributed by atoms with Crippen LogP contribution in [0.4, 0.5) is 0 Å². The summed E-state index contributed by atoms with van der Waals surface area (Å²) in [6, 6.07) is 0. The van der Waals surface area contributed by atoms with Crippen LogP contribution in [0, 0.1) is 27.1 Å². The third-order valence-corrected chi connectivity index (χ3v) is 8.71. The minimum atomic E-state index is -0.415. The normalized spacial score (nSPS) is 29.7. The van der Waals surface area contributed by atoms with Gasteiger partial charge in [-0.3, -0.25) is 0 Å². The maximum atomic E-state index is 10.2. The molecule has 0 bridgehead atoms. The SMILES string of the molecule is CC1(C)CCCCCC(CO)(CO)C(C)(C)C(C)(C)C1(C)C. The van der Waals surface area contributed by atoms with E-state index >= 15 is 0 Å². The van der Waals surface area contributed by atoms with Gasteiger partial charge in [-0.1, -0.05) is 74.7 Å². The summed E-state index contributed by atoms with van der Waals surface area (Å²) >= 11 is 0. The molecule has 0 heterocycles. The molecule has 0 atom stereocenters. The van der Waals surface area contributed by atoms with Crippen molar-refractivity contribution < 1.29 is 10.2 Å². The fourth-order valence-electron chi connectivity index (χ4n) is 4.73. The van der Waals surface area contributed by atoms with Crippen LogP contribution in [0.3, 0.4) is 0 Å². The van der Waals surface area contributed by atoms with Crippen LogP contribution in [0.5, 0.6) is 0 Å². The highest BCUT2D eigenvalue weighted by atomic mass is 16.3. The third kappa shape index (κ3) is 2.65. The summed E-state index contributed by atoms with van der Waals surface area (Å²) in [5.41, 5.74) is -0.284. The van der Waals surface area contributed by atoms with Crippen molar-refractivity contribution in [1.82, 2.24) is 0 Å². The Bertz CT molecular complexity index is 361. The fourth-order valence-corrected chi connectivity index (χ4v) is 4.73. The number of aliphatic hydroxyl groups excluding tert-OH is 2. The van der Waals surface area contributed by atoms with E-state index in [2.05, 4.69) is 55.4 Å². The molecule has 132 valence electrons. The number of aliphatic hydroxyl groups is 2. The maximum absolute atomic E-state index is 10.2. The molecule has 1 aliphatic carbocycles. The number of hydrogen-bond donors (Lipinski definition) is 2. The van der Waals surface area contributed by atoms with Gasteiger partial charge < -0.3 is 10.2 Å². The van der Waals surface area contributed by atoms with Crippen molar-refractivity contribution in [2.75, 3.05) is 13.2 Å². The average Bonchev–Trinajstić information content (AvgIpc) is 2.41. The van der Waals surface area contributed by atoms with Gasteiger partial charge >= 0.3 is 0 Å². The summed E-state index contributed by atoms with van der Waals surface area (Å²) in [5.74, 6) is 0. The molecule has 0 radical (unpaired) electrons. The molecule has 0 aromatic rings. The Kier molecular flexibility index (Phi) is 5.53. The predicted octanol–water partition coefficient (Wildman–Crippen LogP) is 5.03. The maximum Gasteiger partial charge on any atom is 0.0514 e. The van der Waals surface area contributed by atoms with Crippen LogP contribution in [-0.4, -0.2) is 23.4 Å². The Morgan fingerprint density at radius 2 is 1.05 bits per heavy atom. The van der Waals surface area contributed by atoms with E-state index in [0.29, 0.717) is 0 Å². The molecule has 2 heteroatoms. The van der Waals surface area contributed by atoms with Crippen LogP contribution >= 0.6 is 0 Å². The summed E-state index contributed by atoms with van der Waals surface area (Å²) in [6.45, 7) is 18.9. The summed E-state index contributed by atoms with van der Waals surface area (Å²) in [5, 5.41) is 20.5. The van der Waals surface area contributed by atoms with E-state index in [1.54, 1.807) is 0 Å². The highest BCUT2D eigenvalue weighted by molar-refractivity contribution is 5.09. The Labute approximate surface area is 138 Å². The average molecular weight is 313 g/mol. The van der Waals surface area contributed by atoms with Crippen molar-refractivity contribution in [2.24, 2.45) is 27.1 Å². The first-order valence-corrected chi connectivity index (χ1v) is 9.05. The molecule has 1 fully saturated rings. The van der Waals surface area contributed by atoms with E-state index in [1.807, 2.05) is 0 Å². The van der Waals surface area contributed by atoms with Crippen molar-refractivity contribution in [2.45, 2.75) is 87.5 Å². The van der Waals surface area contributed by atoms with Gasteiger partial charge in [0.05, 0.1) is 13.2 Å². The van der Waals surface area contributed by atoms with Crippen molar-refractivity contribution in [3.8, 4) is 0 Å². The zero-order valence-corrected chi connectivity index (χ0v) is 16.3. The van der Waals surface area contributed by atoms with E-state index < -0.39 is 5.41 Å². The summed E-state index contributed by atoms with van der Waals surface area (Å²) in [7, 11) is 0. The Hall–Kier alpha value is -0.0800. The van der Waals surface area contributed by atoms with Crippen LogP contribution < -0.4 is 0 Å². The van der Waals surface area contributed by atoms with Crippen LogP contribution in [-0.2, 0) is 0 Å². The first-order chi connectivity index (χ1) is 9.83. The second kappa shape index (κ2) is 6.09. The zero-order chi connectivity index (χ0) is 17.4. The van der Waals surface area contributed by atoms with E-state index in [1.165, 1.54) is 19.3 Å². The minimum absolute atomic E-state index is 0.0215. The van der Waals surface area contributed by atoms with Gasteiger partial charge in [-0.2, -0.15) is 0 Å². The molecule has 0 aliphatic heterocycles. The molecule has 0 unspecified atom stereocenters. The molecular weight excluding hydrogens is 272 g/mol. The third-order valence-electron chi connectivity index (χ3n) is 8.71. The molecular formula is C20H40O2. The van der Waals surface area contributed by atoms with E-state index in [4.69, 9.17) is 0 Å². The van der Waals surface area contributed by atoms with Gasteiger partial charge in [0.1, 0.15) is 0 Å². The second-order valence-corrected chi connectivity index (χ2v) is 9.92. The number of hydrogen-bond acceptors (Lipinski definition) is 2. The lowest BCUT2D eigenvalue weighted by Gasteiger charge is -2.64. The summed E-state index contributed by atoms with van der Waals surface area (Å²) < 4.78 is 0. The minimum Gasteiger partial charge on any atom is -0.396 e. The predicted molar refractivity (Wildman–Crippen MR) is 94.8 cm³/mol. The van der Waals surface area contributed by atoms with Gasteiger partial charge in [-0.05, 0) is 34.5 Å². The second-order valence-electron chi connectivity index (χ2n) is 9.92. The van der Waals surface area contributed by atoms with Crippen LogP contribution in [0.1, 0.15) is 87.5 Å². The van der Waals surface area contributed by atoms with E-state index in [0.717, 1.165) is 12.8 Å². The quantitative estimate of drug-likeness (QED) is 0.751. The lowest BCUT2D eigenvalue weighted by Crippen LogP contribution is -2.60. The molecule has 0 spiro atoms. The molecule has 1 saturated carbocycles. The first kappa shape index (κ1) is 20.0. The highest BCUT2D eigenvalue weighted by Gasteiger charge is 2.60. The first-order valence-electron chi connectivity index (χ1n) is 9.05. The summed E-state index contributed by atoms with van der Waals surface area (Å²) in [6.07, 6.45) is 5.67. The summed E-state index contributed by atoms with van der Waals surface area (Å²) in [4.78, 5) is 0. The van der Waals surface area contributed by atoms with Crippen LogP contribution in [0.2, 0.25) is 0 Å². The molecule has 2 N–H and O–H groups in total. The molecule has 1 aliphatic rings. The van der Waals surface area contributed by atoms with Gasteiger partial charge in [-0.15, -0.1) is 0 Å². The van der Waals surface area contributed by atoms with Gasteiger partial charge in [0.2, 0.25) is 0 Å². The Morgan fingerprint density at radius 1 is 0.591 bits per heavy atom. The van der Waals surface area contributed by atoms with Crippen molar-refractivity contribution in [3.63, 3.8) is 0 Å². The van der Waals surface area contributed by atoms with Gasteiger partial charge in [0, 0.05) is 5.41 Å². The van der Waals surface area contributed by atoms with Crippen LogP contribution in [0.25, 0.3) is 0 Å². The van der Waals surface area contributed by atoms with Crippen LogP contribution in [0.15, 0.2) is 0 Å².